The molecule has 1 aromatic rings. The molecule has 0 fully saturated rings. The molecular formula is C17H26O4. The zero-order chi connectivity index (χ0) is 15.1. The van der Waals surface area contributed by atoms with Crippen LogP contribution >= 0.6 is 0 Å². The first-order valence-electron chi connectivity index (χ1n) is 7.80. The second-order valence-electron chi connectivity index (χ2n) is 5.42. The van der Waals surface area contributed by atoms with Gasteiger partial charge in [-0.3, -0.25) is 0 Å². The molecular weight excluding hydrogens is 268 g/mol. The van der Waals surface area contributed by atoms with Gasteiger partial charge in [0, 0.05) is 6.61 Å². The Balaban J connectivity index is 1.81. The Kier molecular flexibility index (Phi) is 6.49. The topological polar surface area (TPSA) is 47.9 Å². The van der Waals surface area contributed by atoms with Crippen molar-refractivity contribution in [1.29, 1.82) is 0 Å². The van der Waals surface area contributed by atoms with E-state index in [9.17, 15) is 5.11 Å². The van der Waals surface area contributed by atoms with E-state index in [0.29, 0.717) is 13.2 Å². The number of fused-ring (bicyclic) bond motifs is 1. The van der Waals surface area contributed by atoms with Crippen molar-refractivity contribution in [3.05, 3.63) is 29.3 Å². The maximum atomic E-state index is 10.4. The van der Waals surface area contributed by atoms with Gasteiger partial charge in [-0.1, -0.05) is 19.4 Å². The molecule has 0 spiro atoms. The molecule has 21 heavy (non-hydrogen) atoms. The normalized spacial score (nSPS) is 21.1. The fourth-order valence-electron chi connectivity index (χ4n) is 2.65. The van der Waals surface area contributed by atoms with Crippen LogP contribution < -0.4 is 4.74 Å². The van der Waals surface area contributed by atoms with Crippen molar-refractivity contribution in [2.45, 2.75) is 44.8 Å². The minimum Gasteiger partial charge on any atom is -0.497 e. The van der Waals surface area contributed by atoms with E-state index in [1.165, 1.54) is 0 Å². The average molecular weight is 294 g/mol. The Bertz CT molecular complexity index is 433. The lowest BCUT2D eigenvalue weighted by atomic mass is 9.87. The summed E-state index contributed by atoms with van der Waals surface area (Å²) in [5, 5.41) is 10.4. The third kappa shape index (κ3) is 4.43. The van der Waals surface area contributed by atoms with Crippen molar-refractivity contribution < 1.29 is 19.3 Å². The maximum Gasteiger partial charge on any atom is 0.119 e. The summed E-state index contributed by atoms with van der Waals surface area (Å²) in [6.45, 7) is 4.07. The Morgan fingerprint density at radius 1 is 1.24 bits per heavy atom. The number of methoxy groups -OCH3 is 1. The summed E-state index contributed by atoms with van der Waals surface area (Å²) in [7, 11) is 1.66. The fraction of sp³-hybridized carbons (Fsp3) is 0.647. The van der Waals surface area contributed by atoms with Gasteiger partial charge in [-0.05, 0) is 42.5 Å². The highest BCUT2D eigenvalue weighted by molar-refractivity contribution is 5.39. The van der Waals surface area contributed by atoms with Crippen LogP contribution in [0.25, 0.3) is 0 Å². The molecule has 1 N–H and O–H groups in total. The first kappa shape index (κ1) is 16.3. The molecule has 1 aliphatic rings. The zero-order valence-electron chi connectivity index (χ0n) is 13.0. The predicted octanol–water partition coefficient (Wildman–Crippen LogP) is 2.88. The van der Waals surface area contributed by atoms with Gasteiger partial charge >= 0.3 is 0 Å². The number of ether oxygens (including phenoxy) is 3. The van der Waals surface area contributed by atoms with Crippen molar-refractivity contribution in [2.75, 3.05) is 26.9 Å². The van der Waals surface area contributed by atoms with Gasteiger partial charge in [-0.15, -0.1) is 0 Å². The largest absolute Gasteiger partial charge is 0.497 e. The summed E-state index contributed by atoms with van der Waals surface area (Å²) in [4.78, 5) is 0. The monoisotopic (exact) mass is 294 g/mol. The number of unbranched alkanes of at least 4 members (excludes halogenated alkanes) is 1. The van der Waals surface area contributed by atoms with Gasteiger partial charge in [-0.25, -0.2) is 0 Å². The molecule has 1 aliphatic carbocycles. The smallest absolute Gasteiger partial charge is 0.119 e. The van der Waals surface area contributed by atoms with Gasteiger partial charge in [0.2, 0.25) is 0 Å². The molecule has 0 saturated carbocycles. The van der Waals surface area contributed by atoms with E-state index in [1.807, 2.05) is 18.2 Å². The lowest BCUT2D eigenvalue weighted by Crippen LogP contribution is -2.29. The highest BCUT2D eigenvalue weighted by atomic mass is 16.5. The number of aryl methyl sites for hydroxylation is 1. The summed E-state index contributed by atoms with van der Waals surface area (Å²) < 4.78 is 16.5. The van der Waals surface area contributed by atoms with Crippen LogP contribution in [-0.4, -0.2) is 38.1 Å². The van der Waals surface area contributed by atoms with Crippen LogP contribution in [0.2, 0.25) is 0 Å². The first-order valence-corrected chi connectivity index (χ1v) is 7.80. The maximum absolute atomic E-state index is 10.4. The number of benzene rings is 1. The summed E-state index contributed by atoms with van der Waals surface area (Å²) in [6.07, 6.45) is 3.27. The standard InChI is InChI=1S/C17H26O4/c1-3-4-9-20-10-11-21-16-8-5-13-12-14(19-2)6-7-15(13)17(16)18/h6-7,12,16-18H,3-5,8-11H2,1-2H3. The van der Waals surface area contributed by atoms with Gasteiger partial charge in [0.15, 0.2) is 0 Å². The molecule has 1 aromatic carbocycles. The molecule has 4 heteroatoms. The molecule has 4 nitrogen and oxygen atoms in total. The van der Waals surface area contributed by atoms with Crippen LogP contribution in [0.1, 0.15) is 43.4 Å². The van der Waals surface area contributed by atoms with Gasteiger partial charge in [0.05, 0.1) is 26.4 Å². The number of rotatable bonds is 8. The third-order valence-corrected chi connectivity index (χ3v) is 3.92. The molecule has 2 unspecified atom stereocenters. The van der Waals surface area contributed by atoms with Crippen molar-refractivity contribution in [3.8, 4) is 5.75 Å². The Morgan fingerprint density at radius 3 is 2.86 bits per heavy atom. The number of hydrogen-bond donors (Lipinski definition) is 1. The van der Waals surface area contributed by atoms with E-state index < -0.39 is 6.10 Å². The van der Waals surface area contributed by atoms with Crippen LogP contribution in [0.4, 0.5) is 0 Å². The molecule has 0 amide bonds. The molecule has 0 heterocycles. The van der Waals surface area contributed by atoms with Crippen molar-refractivity contribution in [2.24, 2.45) is 0 Å². The van der Waals surface area contributed by atoms with Crippen molar-refractivity contribution in [1.82, 2.24) is 0 Å². The lowest BCUT2D eigenvalue weighted by molar-refractivity contribution is -0.0653. The van der Waals surface area contributed by atoms with Crippen molar-refractivity contribution >= 4 is 0 Å². The molecule has 0 aliphatic heterocycles. The summed E-state index contributed by atoms with van der Waals surface area (Å²) >= 11 is 0. The minimum absolute atomic E-state index is 0.138. The van der Waals surface area contributed by atoms with Gasteiger partial charge < -0.3 is 19.3 Å². The Morgan fingerprint density at radius 2 is 2.10 bits per heavy atom. The highest BCUT2D eigenvalue weighted by Crippen LogP contribution is 2.33. The second-order valence-corrected chi connectivity index (χ2v) is 5.42. The molecule has 0 saturated heterocycles. The lowest BCUT2D eigenvalue weighted by Gasteiger charge is -2.30. The van der Waals surface area contributed by atoms with Gasteiger partial charge in [0.1, 0.15) is 11.9 Å². The van der Waals surface area contributed by atoms with E-state index in [-0.39, 0.29) is 6.10 Å². The number of aliphatic hydroxyl groups excluding tert-OH is 1. The SMILES string of the molecule is CCCCOCCOC1CCc2cc(OC)ccc2C1O. The van der Waals surface area contributed by atoms with Crippen LogP contribution in [0.5, 0.6) is 5.75 Å². The number of hydrogen-bond acceptors (Lipinski definition) is 4. The van der Waals surface area contributed by atoms with E-state index in [4.69, 9.17) is 14.2 Å². The van der Waals surface area contributed by atoms with Gasteiger partial charge in [-0.2, -0.15) is 0 Å². The fourth-order valence-corrected chi connectivity index (χ4v) is 2.65. The average Bonchev–Trinajstić information content (AvgIpc) is 2.52. The summed E-state index contributed by atoms with van der Waals surface area (Å²) in [6, 6.07) is 5.83. The molecule has 0 bridgehead atoms. The molecule has 2 rings (SSSR count). The minimum atomic E-state index is -0.560. The predicted molar refractivity (Wildman–Crippen MR) is 81.7 cm³/mol. The van der Waals surface area contributed by atoms with Crippen LogP contribution in [-0.2, 0) is 15.9 Å². The molecule has 0 aromatic heterocycles. The van der Waals surface area contributed by atoms with E-state index in [1.54, 1.807) is 7.11 Å². The van der Waals surface area contributed by atoms with Gasteiger partial charge in [0.25, 0.3) is 0 Å². The Hall–Kier alpha value is -1.10. The van der Waals surface area contributed by atoms with Crippen LogP contribution in [0.3, 0.4) is 0 Å². The van der Waals surface area contributed by atoms with Crippen molar-refractivity contribution in [3.63, 3.8) is 0 Å². The quantitative estimate of drug-likeness (QED) is 0.749. The second kappa shape index (κ2) is 8.37. The van der Waals surface area contributed by atoms with E-state index in [2.05, 4.69) is 6.92 Å². The van der Waals surface area contributed by atoms with E-state index >= 15 is 0 Å². The summed E-state index contributed by atoms with van der Waals surface area (Å²) in [5.41, 5.74) is 2.11. The third-order valence-electron chi connectivity index (χ3n) is 3.92. The highest BCUT2D eigenvalue weighted by Gasteiger charge is 2.28. The van der Waals surface area contributed by atoms with Crippen LogP contribution in [0, 0.1) is 0 Å². The summed E-state index contributed by atoms with van der Waals surface area (Å²) in [5.74, 6) is 0.838. The van der Waals surface area contributed by atoms with Crippen LogP contribution in [0.15, 0.2) is 18.2 Å². The molecule has 2 atom stereocenters. The number of aliphatic hydroxyl groups is 1. The first-order chi connectivity index (χ1) is 10.3. The molecule has 0 radical (unpaired) electrons. The van der Waals surface area contributed by atoms with E-state index in [0.717, 1.165) is 49.2 Å². The zero-order valence-corrected chi connectivity index (χ0v) is 13.0. The Labute approximate surface area is 127 Å². The molecule has 118 valence electrons.